The van der Waals surface area contributed by atoms with Gasteiger partial charge in [0.2, 0.25) is 5.91 Å². The van der Waals surface area contributed by atoms with Gasteiger partial charge in [-0.3, -0.25) is 9.59 Å². The topological polar surface area (TPSA) is 175 Å². The van der Waals surface area contributed by atoms with Crippen molar-refractivity contribution < 1.29 is 49.3 Å². The molecule has 1 heterocycles. The zero-order valence-corrected chi connectivity index (χ0v) is 53.7. The van der Waals surface area contributed by atoms with Gasteiger partial charge in [-0.15, -0.1) is 0 Å². The van der Waals surface area contributed by atoms with Crippen LogP contribution in [-0.2, 0) is 23.8 Å². The van der Waals surface area contributed by atoms with Crippen LogP contribution in [0.25, 0.3) is 0 Å². The zero-order chi connectivity index (χ0) is 60.2. The molecule has 0 bridgehead atoms. The lowest BCUT2D eigenvalue weighted by atomic mass is 9.99. The number of rotatable bonds is 61. The molecule has 1 saturated heterocycles. The molecule has 6 N–H and O–H groups in total. The largest absolute Gasteiger partial charge is 0.466 e. The van der Waals surface area contributed by atoms with Crippen LogP contribution in [0.5, 0.6) is 0 Å². The van der Waals surface area contributed by atoms with E-state index >= 15 is 0 Å². The number of unbranched alkanes of at least 4 members (excludes halogenated alkanes) is 39. The van der Waals surface area contributed by atoms with Crippen molar-refractivity contribution in [2.45, 2.75) is 365 Å². The molecule has 0 radical (unpaired) electrons. The zero-order valence-electron chi connectivity index (χ0n) is 53.7. The summed E-state index contributed by atoms with van der Waals surface area (Å²) < 4.78 is 16.7. The molecule has 7 atom stereocenters. The summed E-state index contributed by atoms with van der Waals surface area (Å²) >= 11 is 0. The van der Waals surface area contributed by atoms with Crippen LogP contribution in [0.3, 0.4) is 0 Å². The third-order valence-electron chi connectivity index (χ3n) is 16.3. The molecule has 83 heavy (non-hydrogen) atoms. The molecular formula is C72H131NO10. The molecule has 11 heteroatoms. The third-order valence-corrected chi connectivity index (χ3v) is 16.3. The SMILES string of the molecule is CCCC/C=C\C/C=C\CCCCCCCC(=O)OCCCCCCCCCCCCCC/C=C\CCCCCCCCCCCCCCCCCCC(=O)NC(COC1OC(CO)C(O)C(O)C1O)C(O)/C=C/CC/C=C/CCCCC. The fourth-order valence-corrected chi connectivity index (χ4v) is 10.8. The average molecular weight is 1170 g/mol. The van der Waals surface area contributed by atoms with E-state index in [0.717, 1.165) is 64.2 Å². The molecule has 0 spiro atoms. The second-order valence-corrected chi connectivity index (χ2v) is 24.2. The van der Waals surface area contributed by atoms with E-state index in [1.807, 2.05) is 6.08 Å². The van der Waals surface area contributed by atoms with Gasteiger partial charge in [0.05, 0.1) is 32.0 Å². The van der Waals surface area contributed by atoms with E-state index < -0.39 is 49.5 Å². The Morgan fingerprint density at radius 1 is 0.446 bits per heavy atom. The number of ether oxygens (including phenoxy) is 3. The van der Waals surface area contributed by atoms with E-state index in [0.29, 0.717) is 19.4 Å². The van der Waals surface area contributed by atoms with Gasteiger partial charge in [0.1, 0.15) is 24.4 Å². The predicted octanol–water partition coefficient (Wildman–Crippen LogP) is 17.7. The molecular weight excluding hydrogens is 1040 g/mol. The molecule has 0 saturated carbocycles. The van der Waals surface area contributed by atoms with E-state index in [-0.39, 0.29) is 18.5 Å². The summed E-state index contributed by atoms with van der Waals surface area (Å²) in [6.07, 6.45) is 71.0. The summed E-state index contributed by atoms with van der Waals surface area (Å²) in [7, 11) is 0. The minimum Gasteiger partial charge on any atom is -0.466 e. The van der Waals surface area contributed by atoms with Crippen LogP contribution in [0, 0.1) is 0 Å². The van der Waals surface area contributed by atoms with Crippen LogP contribution in [0.1, 0.15) is 322 Å². The highest BCUT2D eigenvalue weighted by molar-refractivity contribution is 5.76. The van der Waals surface area contributed by atoms with E-state index in [9.17, 15) is 35.1 Å². The standard InChI is InChI=1S/C72H131NO10/c1-3-5-7-9-11-13-14-15-37-40-44-48-52-56-60-68(77)81-61-57-53-49-45-41-38-35-33-31-29-27-25-23-21-19-17-16-18-20-22-24-26-28-30-32-34-36-39-43-47-51-55-59-67(76)73-64(65(75)58-54-50-46-42-12-10-8-6-4-2)63-82-72-71(80)70(79)69(78)66(62-74)83-72/h9,11-12,14-15,19,21,42,54,58,64-66,69-72,74-75,78-80H,3-8,10,13,16-18,20,22-41,43-53,55-57,59-63H2,1-2H3,(H,73,76)/b11-9-,15-14-,21-19-,42-12+,58-54+. The van der Waals surface area contributed by atoms with Crippen molar-refractivity contribution in [1.82, 2.24) is 5.32 Å². The van der Waals surface area contributed by atoms with E-state index in [4.69, 9.17) is 14.2 Å². The van der Waals surface area contributed by atoms with Crippen LogP contribution < -0.4 is 5.32 Å². The van der Waals surface area contributed by atoms with Crippen molar-refractivity contribution in [3.8, 4) is 0 Å². The molecule has 1 fully saturated rings. The predicted molar refractivity (Wildman–Crippen MR) is 347 cm³/mol. The van der Waals surface area contributed by atoms with Gasteiger partial charge < -0.3 is 45.1 Å². The van der Waals surface area contributed by atoms with Gasteiger partial charge in [0.15, 0.2) is 6.29 Å². The maximum atomic E-state index is 13.0. The van der Waals surface area contributed by atoms with E-state index in [2.05, 4.69) is 67.8 Å². The molecule has 0 aromatic heterocycles. The number of carbonyl (C=O) groups is 2. The summed E-state index contributed by atoms with van der Waals surface area (Å²) in [5.41, 5.74) is 0. The number of hydrogen-bond acceptors (Lipinski definition) is 10. The lowest BCUT2D eigenvalue weighted by Crippen LogP contribution is -2.60. The van der Waals surface area contributed by atoms with Gasteiger partial charge in [-0.1, -0.05) is 274 Å². The first kappa shape index (κ1) is 78.4. The summed E-state index contributed by atoms with van der Waals surface area (Å²) in [5, 5.41) is 54.2. The summed E-state index contributed by atoms with van der Waals surface area (Å²) in [5.74, 6) is -0.196. The number of carbonyl (C=O) groups excluding carboxylic acids is 2. The van der Waals surface area contributed by atoms with E-state index in [1.165, 1.54) is 231 Å². The van der Waals surface area contributed by atoms with Gasteiger partial charge in [-0.2, -0.15) is 0 Å². The second-order valence-electron chi connectivity index (χ2n) is 24.2. The normalized spacial score (nSPS) is 18.5. The Morgan fingerprint density at radius 3 is 1.30 bits per heavy atom. The maximum Gasteiger partial charge on any atom is 0.305 e. The number of nitrogens with one attached hydrogen (secondary N) is 1. The number of allylic oxidation sites excluding steroid dienone is 9. The Balaban J connectivity index is 1.91. The van der Waals surface area contributed by atoms with Gasteiger partial charge in [0.25, 0.3) is 0 Å². The molecule has 1 aliphatic rings. The first-order valence-corrected chi connectivity index (χ1v) is 35.1. The number of amides is 1. The summed E-state index contributed by atoms with van der Waals surface area (Å²) in [6.45, 7) is 4.25. The lowest BCUT2D eigenvalue weighted by Gasteiger charge is -2.40. The maximum absolute atomic E-state index is 13.0. The molecule has 1 amide bonds. The highest BCUT2D eigenvalue weighted by atomic mass is 16.7. The average Bonchev–Trinajstić information content (AvgIpc) is 3.58. The second kappa shape index (κ2) is 61.0. The van der Waals surface area contributed by atoms with Gasteiger partial charge in [-0.25, -0.2) is 0 Å². The van der Waals surface area contributed by atoms with E-state index in [1.54, 1.807) is 6.08 Å². The summed E-state index contributed by atoms with van der Waals surface area (Å²) in [6, 6.07) is -0.825. The van der Waals surface area contributed by atoms with Crippen LogP contribution in [0.15, 0.2) is 60.8 Å². The Hall–Kier alpha value is -2.64. The number of aliphatic hydroxyl groups is 5. The third kappa shape index (κ3) is 50.1. The number of hydrogen-bond donors (Lipinski definition) is 6. The first-order chi connectivity index (χ1) is 40.7. The number of aliphatic hydroxyl groups excluding tert-OH is 5. The monoisotopic (exact) mass is 1170 g/mol. The molecule has 11 nitrogen and oxygen atoms in total. The fourth-order valence-electron chi connectivity index (χ4n) is 10.8. The molecule has 7 unspecified atom stereocenters. The lowest BCUT2D eigenvalue weighted by molar-refractivity contribution is -0.302. The Morgan fingerprint density at radius 2 is 0.831 bits per heavy atom. The Kier molecular flexibility index (Phi) is 57.6. The molecule has 1 aliphatic heterocycles. The van der Waals surface area contributed by atoms with Crippen molar-refractivity contribution >= 4 is 11.9 Å². The Labute approximate surface area is 509 Å². The molecule has 0 aromatic carbocycles. The highest BCUT2D eigenvalue weighted by Gasteiger charge is 2.44. The minimum absolute atomic E-state index is 0.00467. The quantitative estimate of drug-likeness (QED) is 0.0195. The molecule has 1 rings (SSSR count). The van der Waals surface area contributed by atoms with Crippen molar-refractivity contribution in [2.75, 3.05) is 19.8 Å². The minimum atomic E-state index is -1.57. The van der Waals surface area contributed by atoms with Crippen LogP contribution in [-0.4, -0.2) is 100 Å². The molecule has 0 aliphatic carbocycles. The van der Waals surface area contributed by atoms with Gasteiger partial charge in [-0.05, 0) is 96.3 Å². The van der Waals surface area contributed by atoms with Crippen molar-refractivity contribution in [1.29, 1.82) is 0 Å². The van der Waals surface area contributed by atoms with Gasteiger partial charge in [0, 0.05) is 12.8 Å². The van der Waals surface area contributed by atoms with Crippen LogP contribution in [0.2, 0.25) is 0 Å². The van der Waals surface area contributed by atoms with Crippen molar-refractivity contribution in [3.05, 3.63) is 60.8 Å². The van der Waals surface area contributed by atoms with Crippen molar-refractivity contribution in [3.63, 3.8) is 0 Å². The van der Waals surface area contributed by atoms with Crippen molar-refractivity contribution in [2.24, 2.45) is 0 Å². The highest BCUT2D eigenvalue weighted by Crippen LogP contribution is 2.23. The van der Waals surface area contributed by atoms with Crippen LogP contribution >= 0.6 is 0 Å². The molecule has 0 aromatic rings. The smallest absolute Gasteiger partial charge is 0.305 e. The van der Waals surface area contributed by atoms with Crippen LogP contribution in [0.4, 0.5) is 0 Å². The Bertz CT molecular complexity index is 1560. The first-order valence-electron chi connectivity index (χ1n) is 35.1. The molecule has 484 valence electrons. The summed E-state index contributed by atoms with van der Waals surface area (Å²) in [4.78, 5) is 25.1. The number of esters is 1. The fraction of sp³-hybridized carbons (Fsp3) is 0.833. The van der Waals surface area contributed by atoms with Gasteiger partial charge >= 0.3 is 5.97 Å².